The Morgan fingerprint density at radius 3 is 2.83 bits per heavy atom. The minimum atomic E-state index is -0.0350. The quantitative estimate of drug-likeness (QED) is 0.593. The highest BCUT2D eigenvalue weighted by Gasteiger charge is 2.28. The van der Waals surface area contributed by atoms with Gasteiger partial charge in [0.25, 0.3) is 0 Å². The third-order valence-corrected chi connectivity index (χ3v) is 2.29. The smallest absolute Gasteiger partial charge is 0.229 e. The summed E-state index contributed by atoms with van der Waals surface area (Å²) in [6.07, 6.45) is 2.84. The first-order chi connectivity index (χ1) is 5.66. The van der Waals surface area contributed by atoms with Gasteiger partial charge < -0.3 is 0 Å². The fourth-order valence-electron chi connectivity index (χ4n) is 1.60. The van der Waals surface area contributed by atoms with E-state index in [9.17, 15) is 9.59 Å². The van der Waals surface area contributed by atoms with E-state index in [0.29, 0.717) is 12.8 Å². The number of piperidine rings is 1. The molecule has 1 aliphatic rings. The lowest BCUT2D eigenvalue weighted by atomic mass is 10.0. The van der Waals surface area contributed by atoms with E-state index < -0.39 is 0 Å². The minimum absolute atomic E-state index is 0.000556. The van der Waals surface area contributed by atoms with Gasteiger partial charge in [-0.15, -0.1) is 0 Å². The zero-order valence-corrected chi connectivity index (χ0v) is 7.67. The highest BCUT2D eigenvalue weighted by molar-refractivity contribution is 5.95. The van der Waals surface area contributed by atoms with Gasteiger partial charge in [-0.2, -0.15) is 0 Å². The average molecular weight is 169 g/mol. The van der Waals surface area contributed by atoms with Crippen molar-refractivity contribution in [3.05, 3.63) is 0 Å². The molecule has 0 saturated carbocycles. The third-order valence-electron chi connectivity index (χ3n) is 2.29. The maximum absolute atomic E-state index is 11.3. The van der Waals surface area contributed by atoms with Crippen LogP contribution in [0.15, 0.2) is 0 Å². The van der Waals surface area contributed by atoms with Crippen LogP contribution < -0.4 is 0 Å². The molecule has 2 amide bonds. The number of imide groups is 1. The molecule has 0 bridgehead atoms. The maximum Gasteiger partial charge on any atom is 0.229 e. The van der Waals surface area contributed by atoms with Crippen molar-refractivity contribution in [2.75, 3.05) is 0 Å². The predicted octanol–water partition coefficient (Wildman–Crippen LogP) is 1.32. The van der Waals surface area contributed by atoms with E-state index in [-0.39, 0.29) is 17.9 Å². The van der Waals surface area contributed by atoms with Crippen LogP contribution in [0, 0.1) is 0 Å². The van der Waals surface area contributed by atoms with E-state index in [1.165, 1.54) is 4.90 Å². The lowest BCUT2D eigenvalue weighted by Crippen LogP contribution is -2.45. The highest BCUT2D eigenvalue weighted by Crippen LogP contribution is 2.18. The van der Waals surface area contributed by atoms with Gasteiger partial charge in [0.1, 0.15) is 0 Å². The Hall–Kier alpha value is -0.860. The molecule has 12 heavy (non-hydrogen) atoms. The van der Waals surface area contributed by atoms with Gasteiger partial charge in [-0.3, -0.25) is 14.5 Å². The normalized spacial score (nSPS) is 24.3. The van der Waals surface area contributed by atoms with Crippen molar-refractivity contribution >= 4 is 11.8 Å². The first-order valence-electron chi connectivity index (χ1n) is 4.51. The molecule has 0 aliphatic carbocycles. The molecule has 1 atom stereocenters. The summed E-state index contributed by atoms with van der Waals surface area (Å²) in [7, 11) is 0. The molecule has 0 spiro atoms. The topological polar surface area (TPSA) is 37.4 Å². The zero-order chi connectivity index (χ0) is 9.14. The Kier molecular flexibility index (Phi) is 2.84. The zero-order valence-electron chi connectivity index (χ0n) is 7.67. The first kappa shape index (κ1) is 9.23. The fourth-order valence-corrected chi connectivity index (χ4v) is 1.60. The first-order valence-corrected chi connectivity index (χ1v) is 4.51. The molecule has 1 fully saturated rings. The van der Waals surface area contributed by atoms with Crippen LogP contribution in [0.25, 0.3) is 0 Å². The number of rotatable bonds is 1. The van der Waals surface area contributed by atoms with Gasteiger partial charge in [0.15, 0.2) is 0 Å². The minimum Gasteiger partial charge on any atom is -0.280 e. The summed E-state index contributed by atoms with van der Waals surface area (Å²) in [5.74, 6) is -0.0344. The molecule has 0 radical (unpaired) electrons. The van der Waals surface area contributed by atoms with Crippen molar-refractivity contribution in [2.45, 2.75) is 45.6 Å². The summed E-state index contributed by atoms with van der Waals surface area (Å²) in [5.41, 5.74) is 0. The molecule has 0 N–H and O–H groups in total. The van der Waals surface area contributed by atoms with Crippen molar-refractivity contribution < 1.29 is 9.59 Å². The number of nitrogens with zero attached hydrogens (tertiary/aromatic N) is 1. The number of carbonyl (C=O) groups is 2. The largest absolute Gasteiger partial charge is 0.280 e. The van der Waals surface area contributed by atoms with E-state index >= 15 is 0 Å². The van der Waals surface area contributed by atoms with Crippen molar-refractivity contribution in [1.82, 2.24) is 4.90 Å². The Morgan fingerprint density at radius 1 is 1.67 bits per heavy atom. The Morgan fingerprint density at radius 2 is 2.33 bits per heavy atom. The van der Waals surface area contributed by atoms with E-state index in [2.05, 4.69) is 0 Å². The van der Waals surface area contributed by atoms with Crippen LogP contribution in [0.4, 0.5) is 0 Å². The SMILES string of the molecule is CCC(=O)N1C(=O)CCCC1C. The van der Waals surface area contributed by atoms with Gasteiger partial charge in [0, 0.05) is 18.9 Å². The van der Waals surface area contributed by atoms with Gasteiger partial charge >= 0.3 is 0 Å². The average Bonchev–Trinajstić information content (AvgIpc) is 2.03. The van der Waals surface area contributed by atoms with Crippen molar-refractivity contribution in [3.63, 3.8) is 0 Å². The van der Waals surface area contributed by atoms with Crippen LogP contribution in [0.5, 0.6) is 0 Å². The molecule has 0 aromatic heterocycles. The van der Waals surface area contributed by atoms with Crippen LogP contribution in [0.3, 0.4) is 0 Å². The standard InChI is InChI=1S/C9H15NO2/c1-3-8(11)10-7(2)5-4-6-9(10)12/h7H,3-6H2,1-2H3. The van der Waals surface area contributed by atoms with Gasteiger partial charge in [-0.25, -0.2) is 0 Å². The molecular formula is C9H15NO2. The second-order valence-electron chi connectivity index (χ2n) is 3.25. The van der Waals surface area contributed by atoms with Gasteiger partial charge in [-0.05, 0) is 19.8 Å². The molecule has 1 unspecified atom stereocenters. The number of hydrogen-bond donors (Lipinski definition) is 0. The fraction of sp³-hybridized carbons (Fsp3) is 0.778. The predicted molar refractivity (Wildman–Crippen MR) is 45.5 cm³/mol. The van der Waals surface area contributed by atoms with E-state index in [1.54, 1.807) is 6.92 Å². The highest BCUT2D eigenvalue weighted by atomic mass is 16.2. The second-order valence-corrected chi connectivity index (χ2v) is 3.25. The lowest BCUT2D eigenvalue weighted by Gasteiger charge is -2.31. The van der Waals surface area contributed by atoms with Gasteiger partial charge in [0.05, 0.1) is 0 Å². The molecule has 1 aliphatic heterocycles. The van der Waals surface area contributed by atoms with Crippen molar-refractivity contribution in [1.29, 1.82) is 0 Å². The molecule has 1 saturated heterocycles. The Bertz CT molecular complexity index is 193. The molecule has 1 rings (SSSR count). The van der Waals surface area contributed by atoms with Gasteiger partial charge in [0.2, 0.25) is 11.8 Å². The molecule has 0 aromatic rings. The number of likely N-dealkylation sites (tertiary alicyclic amines) is 1. The molecular weight excluding hydrogens is 154 g/mol. The molecule has 1 heterocycles. The number of carbonyl (C=O) groups excluding carboxylic acids is 2. The molecule has 3 nitrogen and oxygen atoms in total. The molecule has 0 aromatic carbocycles. The summed E-state index contributed by atoms with van der Waals surface area (Å²) in [4.78, 5) is 24.0. The van der Waals surface area contributed by atoms with Crippen LogP contribution in [-0.4, -0.2) is 22.8 Å². The number of amides is 2. The lowest BCUT2D eigenvalue weighted by molar-refractivity contribution is -0.149. The summed E-state index contributed by atoms with van der Waals surface area (Å²) < 4.78 is 0. The van der Waals surface area contributed by atoms with Crippen LogP contribution in [-0.2, 0) is 9.59 Å². The van der Waals surface area contributed by atoms with Crippen LogP contribution in [0.1, 0.15) is 39.5 Å². The maximum atomic E-state index is 11.3. The Balaban J connectivity index is 2.69. The summed E-state index contributed by atoms with van der Waals surface area (Å²) in [6.45, 7) is 3.72. The van der Waals surface area contributed by atoms with Crippen molar-refractivity contribution in [3.8, 4) is 0 Å². The number of hydrogen-bond acceptors (Lipinski definition) is 2. The Labute approximate surface area is 72.7 Å². The second kappa shape index (κ2) is 3.70. The van der Waals surface area contributed by atoms with E-state index in [1.807, 2.05) is 6.92 Å². The van der Waals surface area contributed by atoms with Crippen LogP contribution in [0.2, 0.25) is 0 Å². The van der Waals surface area contributed by atoms with E-state index in [4.69, 9.17) is 0 Å². The molecule has 3 heteroatoms. The van der Waals surface area contributed by atoms with Crippen LogP contribution >= 0.6 is 0 Å². The molecule has 68 valence electrons. The van der Waals surface area contributed by atoms with E-state index in [0.717, 1.165) is 12.8 Å². The third kappa shape index (κ3) is 1.65. The summed E-state index contributed by atoms with van der Waals surface area (Å²) >= 11 is 0. The van der Waals surface area contributed by atoms with Gasteiger partial charge in [-0.1, -0.05) is 6.92 Å². The summed E-state index contributed by atoms with van der Waals surface area (Å²) in [5, 5.41) is 0. The van der Waals surface area contributed by atoms with Crippen molar-refractivity contribution in [2.24, 2.45) is 0 Å². The monoisotopic (exact) mass is 169 g/mol. The summed E-state index contributed by atoms with van der Waals surface area (Å²) in [6, 6.07) is 0.110.